The van der Waals surface area contributed by atoms with Crippen LogP contribution in [0.15, 0.2) is 35.7 Å². The highest BCUT2D eigenvalue weighted by Crippen LogP contribution is 2.48. The molecule has 1 atom stereocenters. The summed E-state index contributed by atoms with van der Waals surface area (Å²) in [7, 11) is 0. The average molecular weight is 396 g/mol. The van der Waals surface area contributed by atoms with Crippen LogP contribution in [0, 0.1) is 5.92 Å². The summed E-state index contributed by atoms with van der Waals surface area (Å²) < 4.78 is 40.5. The van der Waals surface area contributed by atoms with Crippen LogP contribution in [0.5, 0.6) is 5.75 Å². The van der Waals surface area contributed by atoms with Crippen molar-refractivity contribution in [3.05, 3.63) is 46.2 Å². The third-order valence-corrected chi connectivity index (χ3v) is 5.90. The van der Waals surface area contributed by atoms with Crippen LogP contribution in [0.4, 0.5) is 18.9 Å². The number of rotatable bonds is 5. The molecule has 1 aliphatic heterocycles. The van der Waals surface area contributed by atoms with Crippen LogP contribution < -0.4 is 10.1 Å². The topological polar surface area (TPSA) is 41.6 Å². The van der Waals surface area contributed by atoms with Gasteiger partial charge in [-0.1, -0.05) is 0 Å². The van der Waals surface area contributed by atoms with Gasteiger partial charge in [-0.15, -0.1) is 24.5 Å². The molecule has 0 bridgehead atoms. The smallest absolute Gasteiger partial charge is 0.406 e. The number of halogens is 3. The number of hydrogen-bond acceptors (Lipinski definition) is 4. The molecule has 2 heterocycles. The number of ether oxygens (including phenoxy) is 1. The van der Waals surface area contributed by atoms with Gasteiger partial charge in [0.25, 0.3) is 0 Å². The van der Waals surface area contributed by atoms with Gasteiger partial charge in [0.15, 0.2) is 0 Å². The van der Waals surface area contributed by atoms with Crippen molar-refractivity contribution in [1.29, 1.82) is 0 Å². The molecule has 2 aromatic rings. The van der Waals surface area contributed by atoms with E-state index in [0.29, 0.717) is 17.6 Å². The number of fused-ring (bicyclic) bond motifs is 1. The number of nitrogens with zero attached hydrogens (tertiary/aromatic N) is 1. The lowest BCUT2D eigenvalue weighted by Gasteiger charge is -2.35. The first-order valence-electron chi connectivity index (χ1n) is 8.85. The number of anilines is 1. The summed E-state index contributed by atoms with van der Waals surface area (Å²) in [4.78, 5) is 16.1. The number of hydrogen-bond donors (Lipinski definition) is 1. The summed E-state index contributed by atoms with van der Waals surface area (Å²) in [5, 5.41) is 4.88. The molecule has 4 rings (SSSR count). The Morgan fingerprint density at radius 1 is 1.22 bits per heavy atom. The summed E-state index contributed by atoms with van der Waals surface area (Å²) >= 11 is 1.78. The fraction of sp³-hybridized carbons (Fsp3) is 0.421. The minimum absolute atomic E-state index is 0.163. The second-order valence-corrected chi connectivity index (χ2v) is 7.92. The molecule has 2 aliphatic rings. The molecule has 0 unspecified atom stereocenters. The van der Waals surface area contributed by atoms with Gasteiger partial charge in [-0.05, 0) is 66.5 Å². The van der Waals surface area contributed by atoms with E-state index in [-0.39, 0.29) is 18.2 Å². The van der Waals surface area contributed by atoms with Gasteiger partial charge in [-0.2, -0.15) is 0 Å². The van der Waals surface area contributed by atoms with Gasteiger partial charge in [0.05, 0.1) is 6.54 Å². The monoisotopic (exact) mass is 396 g/mol. The molecular weight excluding hydrogens is 377 g/mol. The molecule has 1 fully saturated rings. The zero-order valence-corrected chi connectivity index (χ0v) is 15.3. The Morgan fingerprint density at radius 3 is 2.63 bits per heavy atom. The number of carbonyl (C=O) groups excluding carboxylic acids is 1. The number of thiophene rings is 1. The minimum Gasteiger partial charge on any atom is -0.406 e. The highest BCUT2D eigenvalue weighted by atomic mass is 32.1. The Labute approximate surface area is 158 Å². The van der Waals surface area contributed by atoms with Gasteiger partial charge in [0, 0.05) is 23.2 Å². The molecule has 1 aromatic heterocycles. The number of benzene rings is 1. The molecule has 1 amide bonds. The highest BCUT2D eigenvalue weighted by Gasteiger charge is 2.40. The molecule has 1 aliphatic carbocycles. The van der Waals surface area contributed by atoms with Gasteiger partial charge in [-0.3, -0.25) is 9.69 Å². The van der Waals surface area contributed by atoms with E-state index in [4.69, 9.17) is 0 Å². The van der Waals surface area contributed by atoms with Gasteiger partial charge < -0.3 is 10.1 Å². The summed E-state index contributed by atoms with van der Waals surface area (Å²) in [5.41, 5.74) is 1.81. The van der Waals surface area contributed by atoms with Crippen molar-refractivity contribution in [2.45, 2.75) is 31.7 Å². The van der Waals surface area contributed by atoms with E-state index in [2.05, 4.69) is 26.4 Å². The van der Waals surface area contributed by atoms with E-state index >= 15 is 0 Å². The predicted molar refractivity (Wildman–Crippen MR) is 96.8 cm³/mol. The van der Waals surface area contributed by atoms with E-state index < -0.39 is 6.36 Å². The Balaban J connectivity index is 1.38. The Bertz CT molecular complexity index is 815. The Kier molecular flexibility index (Phi) is 4.86. The molecule has 0 spiro atoms. The van der Waals surface area contributed by atoms with Crippen LogP contribution in [-0.2, 0) is 11.2 Å². The van der Waals surface area contributed by atoms with Crippen molar-refractivity contribution in [2.24, 2.45) is 5.92 Å². The van der Waals surface area contributed by atoms with Gasteiger partial charge in [-0.25, -0.2) is 0 Å². The van der Waals surface area contributed by atoms with Gasteiger partial charge in [0.1, 0.15) is 5.75 Å². The van der Waals surface area contributed by atoms with Crippen LogP contribution >= 0.6 is 11.3 Å². The first-order valence-corrected chi connectivity index (χ1v) is 9.73. The molecular formula is C19H19F3N2O2S. The molecule has 1 aromatic carbocycles. The van der Waals surface area contributed by atoms with Crippen LogP contribution in [0.1, 0.15) is 29.3 Å². The zero-order valence-electron chi connectivity index (χ0n) is 14.5. The van der Waals surface area contributed by atoms with Crippen LogP contribution in [-0.4, -0.2) is 30.3 Å². The maximum Gasteiger partial charge on any atom is 0.573 e. The Morgan fingerprint density at radius 2 is 1.96 bits per heavy atom. The summed E-state index contributed by atoms with van der Waals surface area (Å²) in [5.74, 6) is 0.143. The zero-order chi connectivity index (χ0) is 19.0. The normalized spacial score (nSPS) is 20.2. The second-order valence-electron chi connectivity index (χ2n) is 6.92. The quantitative estimate of drug-likeness (QED) is 0.804. The largest absolute Gasteiger partial charge is 0.573 e. The van der Waals surface area contributed by atoms with E-state index in [1.165, 1.54) is 47.5 Å². The van der Waals surface area contributed by atoms with E-state index in [9.17, 15) is 18.0 Å². The van der Waals surface area contributed by atoms with Crippen molar-refractivity contribution in [3.8, 4) is 5.75 Å². The minimum atomic E-state index is -4.72. The lowest BCUT2D eigenvalue weighted by atomic mass is 9.96. The number of amides is 1. The molecule has 4 nitrogen and oxygen atoms in total. The van der Waals surface area contributed by atoms with E-state index in [1.807, 2.05) is 0 Å². The summed E-state index contributed by atoms with van der Waals surface area (Å²) in [6.07, 6.45) is -1.39. The SMILES string of the molecule is O=C(CN1CCc2sccc2[C@@H]1C1CC1)Nc1ccc(OC(F)(F)F)cc1. The standard InChI is InChI=1S/C19H19F3N2O2S/c20-19(21,22)26-14-5-3-13(4-6-14)23-17(25)11-24-9-7-16-15(8-10-27-16)18(24)12-1-2-12/h3-6,8,10,12,18H,1-2,7,9,11H2,(H,23,25)/t18-/m0/s1. The highest BCUT2D eigenvalue weighted by molar-refractivity contribution is 7.10. The van der Waals surface area contributed by atoms with Crippen LogP contribution in [0.3, 0.4) is 0 Å². The summed E-state index contributed by atoms with van der Waals surface area (Å²) in [6.45, 7) is 1.12. The Hall–Kier alpha value is -2.06. The van der Waals surface area contributed by atoms with Crippen molar-refractivity contribution in [1.82, 2.24) is 4.90 Å². The van der Waals surface area contributed by atoms with E-state index in [1.54, 1.807) is 11.3 Å². The first kappa shape index (κ1) is 18.3. The van der Waals surface area contributed by atoms with E-state index in [0.717, 1.165) is 13.0 Å². The van der Waals surface area contributed by atoms with Crippen molar-refractivity contribution in [3.63, 3.8) is 0 Å². The van der Waals surface area contributed by atoms with Gasteiger partial charge in [0.2, 0.25) is 5.91 Å². The molecule has 8 heteroatoms. The lowest BCUT2D eigenvalue weighted by Crippen LogP contribution is -2.41. The average Bonchev–Trinajstić information content (AvgIpc) is 3.31. The first-order chi connectivity index (χ1) is 12.9. The maximum absolute atomic E-state index is 12.5. The summed E-state index contributed by atoms with van der Waals surface area (Å²) in [6, 6.07) is 7.67. The van der Waals surface area contributed by atoms with Crippen molar-refractivity contribution in [2.75, 3.05) is 18.4 Å². The lowest BCUT2D eigenvalue weighted by molar-refractivity contribution is -0.274. The molecule has 144 valence electrons. The van der Waals surface area contributed by atoms with Crippen molar-refractivity contribution >= 4 is 22.9 Å². The molecule has 1 saturated carbocycles. The van der Waals surface area contributed by atoms with Crippen LogP contribution in [0.25, 0.3) is 0 Å². The molecule has 1 N–H and O–H groups in total. The fourth-order valence-electron chi connectivity index (χ4n) is 3.66. The molecule has 0 saturated heterocycles. The second kappa shape index (κ2) is 7.16. The number of carbonyl (C=O) groups is 1. The van der Waals surface area contributed by atoms with Crippen molar-refractivity contribution < 1.29 is 22.7 Å². The molecule has 0 radical (unpaired) electrons. The number of nitrogens with one attached hydrogen (secondary N) is 1. The number of alkyl halides is 3. The van der Waals surface area contributed by atoms with Gasteiger partial charge >= 0.3 is 6.36 Å². The third kappa shape index (κ3) is 4.44. The third-order valence-electron chi connectivity index (χ3n) is 4.90. The maximum atomic E-state index is 12.5. The fourth-order valence-corrected chi connectivity index (χ4v) is 4.58. The molecule has 27 heavy (non-hydrogen) atoms. The van der Waals surface area contributed by atoms with Crippen LogP contribution in [0.2, 0.25) is 0 Å². The predicted octanol–water partition coefficient (Wildman–Crippen LogP) is 4.59.